The van der Waals surface area contributed by atoms with Gasteiger partial charge in [0.2, 0.25) is 15.9 Å². The van der Waals surface area contributed by atoms with E-state index in [9.17, 15) is 21.6 Å². The summed E-state index contributed by atoms with van der Waals surface area (Å²) in [5, 5.41) is 0.220. The van der Waals surface area contributed by atoms with Crippen molar-refractivity contribution in [3.8, 4) is 5.75 Å². The summed E-state index contributed by atoms with van der Waals surface area (Å²) < 4.78 is 59.3. The summed E-state index contributed by atoms with van der Waals surface area (Å²) in [4.78, 5) is 12.1. The number of aryl methyl sites for hydroxylation is 2. The maximum Gasteiger partial charge on any atom is 0.265 e. The predicted octanol–water partition coefficient (Wildman–Crippen LogP) is 3.08. The van der Waals surface area contributed by atoms with Crippen LogP contribution in [0.15, 0.2) is 35.2 Å². The first kappa shape index (κ1) is 22.4. The molecule has 0 aliphatic carbocycles. The van der Waals surface area contributed by atoms with E-state index < -0.39 is 31.9 Å². The van der Waals surface area contributed by atoms with Crippen LogP contribution in [0.3, 0.4) is 0 Å². The lowest BCUT2D eigenvalue weighted by Gasteiger charge is -2.19. The van der Waals surface area contributed by atoms with E-state index in [1.165, 1.54) is 26.2 Å². The molecule has 0 saturated carbocycles. The van der Waals surface area contributed by atoms with Gasteiger partial charge in [0.1, 0.15) is 10.6 Å². The Bertz CT molecular complexity index is 1220. The number of nitrogens with zero attached hydrogens (tertiary/aromatic N) is 1. The average molecular weight is 473 g/mol. The highest BCUT2D eigenvalue weighted by atomic mass is 35.5. The second-order valence-electron chi connectivity index (χ2n) is 7.16. The number of nitrogens with one attached hydrogen (secondary N) is 1. The molecule has 162 valence electrons. The molecule has 11 heteroatoms. The van der Waals surface area contributed by atoms with Crippen LogP contribution in [0.2, 0.25) is 5.02 Å². The van der Waals surface area contributed by atoms with Crippen molar-refractivity contribution in [1.82, 2.24) is 0 Å². The van der Waals surface area contributed by atoms with Gasteiger partial charge in [-0.1, -0.05) is 24.6 Å². The minimum atomic E-state index is -4.23. The molecule has 8 nitrogen and oxygen atoms in total. The van der Waals surface area contributed by atoms with Crippen molar-refractivity contribution in [2.45, 2.75) is 25.7 Å². The molecular weight excluding hydrogens is 452 g/mol. The molecule has 1 saturated heterocycles. The number of methoxy groups -OCH3 is 1. The number of anilines is 2. The van der Waals surface area contributed by atoms with E-state index in [1.807, 2.05) is 6.92 Å². The van der Waals surface area contributed by atoms with Gasteiger partial charge in [0.25, 0.3) is 10.0 Å². The van der Waals surface area contributed by atoms with Gasteiger partial charge < -0.3 is 4.74 Å². The first-order valence-electron chi connectivity index (χ1n) is 8.92. The van der Waals surface area contributed by atoms with E-state index in [1.54, 1.807) is 19.1 Å². The summed E-state index contributed by atoms with van der Waals surface area (Å²) in [7, 11) is -6.83. The van der Waals surface area contributed by atoms with Gasteiger partial charge >= 0.3 is 0 Å². The second kappa shape index (κ2) is 7.75. The summed E-state index contributed by atoms with van der Waals surface area (Å²) in [5.74, 6) is -1.68. The standard InChI is InChI=1S/C19H21ClN2O6S2/c1-11-7-12(2)18(15(20)8-11)21-30(26,27)17-9-14(5-6-16(17)28-4)22-19(23)13(3)10-29(22,24)25/h5-9,13,21H,10H2,1-4H3. The topological polar surface area (TPSA) is 110 Å². The Hall–Kier alpha value is -2.30. The number of benzene rings is 2. The molecule has 30 heavy (non-hydrogen) atoms. The Morgan fingerprint density at radius 2 is 1.87 bits per heavy atom. The van der Waals surface area contributed by atoms with E-state index in [4.69, 9.17) is 16.3 Å². The molecule has 1 heterocycles. The zero-order valence-electron chi connectivity index (χ0n) is 16.8. The fourth-order valence-corrected chi connectivity index (χ4v) is 6.90. The van der Waals surface area contributed by atoms with Crippen molar-refractivity contribution in [2.24, 2.45) is 5.92 Å². The van der Waals surface area contributed by atoms with Gasteiger partial charge in [-0.2, -0.15) is 0 Å². The molecule has 1 aliphatic heterocycles. The molecule has 0 spiro atoms. The predicted molar refractivity (Wildman–Crippen MR) is 115 cm³/mol. The van der Waals surface area contributed by atoms with Crippen LogP contribution in [-0.2, 0) is 24.8 Å². The smallest absolute Gasteiger partial charge is 0.265 e. The van der Waals surface area contributed by atoms with Crippen LogP contribution < -0.4 is 13.8 Å². The highest BCUT2D eigenvalue weighted by Crippen LogP contribution is 2.36. The monoisotopic (exact) mass is 472 g/mol. The molecule has 1 N–H and O–H groups in total. The molecule has 1 aliphatic rings. The van der Waals surface area contributed by atoms with Crippen LogP contribution >= 0.6 is 11.6 Å². The number of ether oxygens (including phenoxy) is 1. The molecule has 2 aromatic carbocycles. The SMILES string of the molecule is COc1ccc(N2C(=O)C(C)CS2(=O)=O)cc1S(=O)(=O)Nc1c(C)cc(C)cc1Cl. The number of hydrogen-bond donors (Lipinski definition) is 1. The highest BCUT2D eigenvalue weighted by molar-refractivity contribution is 7.94. The maximum atomic E-state index is 13.1. The number of amides is 1. The van der Waals surface area contributed by atoms with E-state index in [-0.39, 0.29) is 32.8 Å². The number of carbonyl (C=O) groups is 1. The second-order valence-corrected chi connectivity index (χ2v) is 11.1. The Balaban J connectivity index is 2.11. The van der Waals surface area contributed by atoms with Gasteiger partial charge in [-0.15, -0.1) is 0 Å². The van der Waals surface area contributed by atoms with Crippen LogP contribution in [0.5, 0.6) is 5.75 Å². The number of hydrogen-bond acceptors (Lipinski definition) is 6. The summed E-state index contributed by atoms with van der Waals surface area (Å²) in [6.07, 6.45) is 0. The molecule has 2 aromatic rings. The Morgan fingerprint density at radius 3 is 2.40 bits per heavy atom. The van der Waals surface area contributed by atoms with Crippen LogP contribution in [0.1, 0.15) is 18.1 Å². The highest BCUT2D eigenvalue weighted by Gasteiger charge is 2.42. The first-order chi connectivity index (χ1) is 13.9. The molecule has 0 aromatic heterocycles. The van der Waals surface area contributed by atoms with Crippen molar-refractivity contribution in [1.29, 1.82) is 0 Å². The quantitative estimate of drug-likeness (QED) is 0.716. The van der Waals surface area contributed by atoms with Crippen LogP contribution in [0.4, 0.5) is 11.4 Å². The van der Waals surface area contributed by atoms with Gasteiger partial charge in [-0.25, -0.2) is 21.1 Å². The molecule has 0 radical (unpaired) electrons. The minimum absolute atomic E-state index is 0.00997. The zero-order valence-corrected chi connectivity index (χ0v) is 19.2. The third kappa shape index (κ3) is 3.99. The number of sulfonamides is 2. The Morgan fingerprint density at radius 1 is 1.20 bits per heavy atom. The van der Waals surface area contributed by atoms with Gasteiger partial charge in [-0.3, -0.25) is 9.52 Å². The number of carbonyl (C=O) groups excluding carboxylic acids is 1. The van der Waals surface area contributed by atoms with E-state index in [2.05, 4.69) is 4.72 Å². The molecular formula is C19H21ClN2O6S2. The lowest BCUT2D eigenvalue weighted by atomic mass is 10.1. The summed E-state index contributed by atoms with van der Waals surface area (Å²) in [5.41, 5.74) is 1.61. The molecule has 1 fully saturated rings. The third-order valence-corrected chi connectivity index (χ3v) is 8.24. The molecule has 3 rings (SSSR count). The van der Waals surface area contributed by atoms with Crippen LogP contribution in [-0.4, -0.2) is 35.6 Å². The van der Waals surface area contributed by atoms with Crippen molar-refractivity contribution in [2.75, 3.05) is 21.9 Å². The number of halogens is 1. The fraction of sp³-hybridized carbons (Fsp3) is 0.316. The normalized spacial score (nSPS) is 18.5. The zero-order chi connectivity index (χ0) is 22.4. The van der Waals surface area contributed by atoms with Gasteiger partial charge in [-0.05, 0) is 49.2 Å². The largest absolute Gasteiger partial charge is 0.495 e. The van der Waals surface area contributed by atoms with E-state index >= 15 is 0 Å². The van der Waals surface area contributed by atoms with Crippen molar-refractivity contribution < 1.29 is 26.4 Å². The van der Waals surface area contributed by atoms with E-state index in [0.29, 0.717) is 9.87 Å². The average Bonchev–Trinajstić information content (AvgIpc) is 2.84. The fourth-order valence-electron chi connectivity index (χ4n) is 3.32. The summed E-state index contributed by atoms with van der Waals surface area (Å²) >= 11 is 6.22. The maximum absolute atomic E-state index is 13.1. The van der Waals surface area contributed by atoms with Crippen molar-refractivity contribution in [3.05, 3.63) is 46.5 Å². The number of rotatable bonds is 5. The minimum Gasteiger partial charge on any atom is -0.495 e. The van der Waals surface area contributed by atoms with Crippen molar-refractivity contribution in [3.63, 3.8) is 0 Å². The Labute approximate surface area is 180 Å². The third-order valence-electron chi connectivity index (χ3n) is 4.70. The molecule has 1 amide bonds. The molecule has 1 atom stereocenters. The van der Waals surface area contributed by atoms with E-state index in [0.717, 1.165) is 11.6 Å². The van der Waals surface area contributed by atoms with Crippen LogP contribution in [0, 0.1) is 19.8 Å². The summed E-state index contributed by atoms with van der Waals surface area (Å²) in [6, 6.07) is 7.13. The lowest BCUT2D eigenvalue weighted by Crippen LogP contribution is -2.30. The lowest BCUT2D eigenvalue weighted by molar-refractivity contribution is -0.119. The first-order valence-corrected chi connectivity index (χ1v) is 12.4. The van der Waals surface area contributed by atoms with Gasteiger partial charge in [0, 0.05) is 0 Å². The Kier molecular flexibility index (Phi) is 5.78. The summed E-state index contributed by atoms with van der Waals surface area (Å²) in [6.45, 7) is 5.05. The van der Waals surface area contributed by atoms with Gasteiger partial charge in [0.05, 0.1) is 35.2 Å². The van der Waals surface area contributed by atoms with Gasteiger partial charge in [0.15, 0.2) is 0 Å². The van der Waals surface area contributed by atoms with Crippen molar-refractivity contribution >= 4 is 48.9 Å². The molecule has 1 unspecified atom stereocenters. The van der Waals surface area contributed by atoms with Crippen LogP contribution in [0.25, 0.3) is 0 Å². The molecule has 0 bridgehead atoms.